The van der Waals surface area contributed by atoms with Crippen molar-refractivity contribution < 1.29 is 53.0 Å². The van der Waals surface area contributed by atoms with E-state index >= 15 is 0 Å². The number of aliphatic hydroxyl groups is 2. The van der Waals surface area contributed by atoms with Gasteiger partial charge in [-0.2, -0.15) is 0 Å². The van der Waals surface area contributed by atoms with Gasteiger partial charge >= 0.3 is 11.9 Å². The quantitative estimate of drug-likeness (QED) is 0.353. The molecule has 1 aromatic rings. The molecule has 12 heteroatoms. The first-order chi connectivity index (χ1) is 22.5. The number of fused-ring (bicyclic) bond motifs is 2. The molecule has 1 aromatic carbocycles. The number of carbonyl (C=O) groups is 2. The van der Waals surface area contributed by atoms with Crippen LogP contribution in [-0.2, 0) is 33.2 Å². The summed E-state index contributed by atoms with van der Waals surface area (Å²) in [6, 6.07) is 6.44. The van der Waals surface area contributed by atoms with Gasteiger partial charge in [-0.15, -0.1) is 0 Å². The van der Waals surface area contributed by atoms with Crippen LogP contribution < -0.4 is 4.74 Å². The van der Waals surface area contributed by atoms with Gasteiger partial charge in [0.15, 0.2) is 0 Å². The summed E-state index contributed by atoms with van der Waals surface area (Å²) in [5.74, 6) is -2.10. The molecule has 12 nitrogen and oxygen atoms in total. The highest BCUT2D eigenvalue weighted by molar-refractivity contribution is 5.89. The largest absolute Gasteiger partial charge is 0.497 e. The molecule has 1 aliphatic heterocycles. The maximum atomic E-state index is 13.9. The number of methoxy groups -OCH3 is 5. The molecule has 2 N–H and O–H groups in total. The highest BCUT2D eigenvalue weighted by atomic mass is 16.6. The van der Waals surface area contributed by atoms with E-state index in [2.05, 4.69) is 11.8 Å². The lowest BCUT2D eigenvalue weighted by molar-refractivity contribution is -0.300. The Bertz CT molecular complexity index is 1390. The van der Waals surface area contributed by atoms with E-state index in [0.717, 1.165) is 0 Å². The summed E-state index contributed by atoms with van der Waals surface area (Å²) in [5, 5.41) is 24.8. The minimum absolute atomic E-state index is 0.179. The molecular weight excluding hydrogens is 610 g/mol. The number of nitrogens with zero attached hydrogens (tertiary/aromatic N) is 1. The Balaban J connectivity index is 1.47. The van der Waals surface area contributed by atoms with Gasteiger partial charge in [-0.25, -0.2) is 4.79 Å². The van der Waals surface area contributed by atoms with Crippen LogP contribution in [0.2, 0.25) is 0 Å². The second kappa shape index (κ2) is 11.4. The highest BCUT2D eigenvalue weighted by Gasteiger charge is 2.90. The fraction of sp³-hybridized carbons (Fsp3) is 0.771. The van der Waals surface area contributed by atoms with E-state index in [9.17, 15) is 19.8 Å². The van der Waals surface area contributed by atoms with Crippen LogP contribution in [0.1, 0.15) is 43.5 Å². The second-order valence-corrected chi connectivity index (χ2v) is 14.7. The number of carbonyl (C=O) groups excluding carboxylic acids is 2. The first-order valence-corrected chi connectivity index (χ1v) is 16.7. The van der Waals surface area contributed by atoms with E-state index in [-0.39, 0.29) is 30.7 Å². The first kappa shape index (κ1) is 33.2. The number of esters is 2. The van der Waals surface area contributed by atoms with E-state index in [1.165, 1.54) is 14.0 Å². The molecule has 0 aromatic heterocycles. The van der Waals surface area contributed by atoms with Crippen LogP contribution in [0.4, 0.5) is 0 Å². The van der Waals surface area contributed by atoms with E-state index in [0.29, 0.717) is 37.4 Å². The first-order valence-electron chi connectivity index (χ1n) is 16.7. The number of hydrogen-bond donors (Lipinski definition) is 2. The van der Waals surface area contributed by atoms with Crippen LogP contribution in [0.3, 0.4) is 0 Å². The molecule has 7 bridgehead atoms. The van der Waals surface area contributed by atoms with E-state index in [1.807, 2.05) is 0 Å². The van der Waals surface area contributed by atoms with Crippen molar-refractivity contribution in [1.82, 2.24) is 4.90 Å². The standard InChI is InChI=1S/C35H49NO11/c1-8-36-16-32(17-41-3)22(38)13-23(43-5)35-21-14-33(40)24(44-6)15-34(47-18(2)37,26(29(35)36)27(45-7)28(32)35)25(21)30(33)46-31(39)19-9-11-20(42-4)12-10-19/h9-12,21-30,38,40H,8,13-17H2,1-7H3/t21-,22?,23+,24-,25-,26-,27-,28+,29-,30-,32-,33-,34+,35+/m1/s1. The van der Waals surface area contributed by atoms with Gasteiger partial charge < -0.3 is 43.4 Å². The second-order valence-electron chi connectivity index (χ2n) is 14.7. The van der Waals surface area contributed by atoms with Gasteiger partial charge in [0.05, 0.1) is 43.7 Å². The number of benzene rings is 1. The monoisotopic (exact) mass is 659 g/mol. The average Bonchev–Trinajstić information content (AvgIpc) is 3.43. The zero-order valence-electron chi connectivity index (χ0n) is 28.3. The van der Waals surface area contributed by atoms with Crippen molar-refractivity contribution in [3.05, 3.63) is 29.8 Å². The summed E-state index contributed by atoms with van der Waals surface area (Å²) in [6.07, 6.45) is -2.70. The van der Waals surface area contributed by atoms with Crippen molar-refractivity contribution in [3.63, 3.8) is 0 Å². The maximum Gasteiger partial charge on any atom is 0.338 e. The van der Waals surface area contributed by atoms with Crippen LogP contribution in [0.5, 0.6) is 5.75 Å². The number of hydrogen-bond acceptors (Lipinski definition) is 12. The number of aliphatic hydroxyl groups excluding tert-OH is 1. The molecule has 1 spiro atoms. The molecule has 1 heterocycles. The third kappa shape index (κ3) is 4.00. The normalized spacial score (nSPS) is 47.4. The molecule has 6 aliphatic rings. The Morgan fingerprint density at radius 3 is 2.26 bits per heavy atom. The third-order valence-corrected chi connectivity index (χ3v) is 13.4. The van der Waals surface area contributed by atoms with E-state index in [1.54, 1.807) is 52.7 Å². The molecule has 0 amide bonds. The fourth-order valence-corrected chi connectivity index (χ4v) is 12.4. The molecule has 47 heavy (non-hydrogen) atoms. The smallest absolute Gasteiger partial charge is 0.338 e. The summed E-state index contributed by atoms with van der Waals surface area (Å²) in [5.41, 5.74) is -3.89. The van der Waals surface area contributed by atoms with Gasteiger partial charge in [-0.05, 0) is 43.1 Å². The van der Waals surface area contributed by atoms with Crippen LogP contribution in [-0.4, -0.2) is 130 Å². The van der Waals surface area contributed by atoms with Gasteiger partial charge in [0.2, 0.25) is 0 Å². The van der Waals surface area contributed by atoms with Crippen molar-refractivity contribution >= 4 is 11.9 Å². The van der Waals surface area contributed by atoms with Crippen molar-refractivity contribution in [3.8, 4) is 5.75 Å². The maximum absolute atomic E-state index is 13.9. The Labute approximate surface area is 275 Å². The molecule has 1 saturated heterocycles. The Morgan fingerprint density at radius 1 is 0.979 bits per heavy atom. The van der Waals surface area contributed by atoms with E-state index in [4.69, 9.17) is 33.2 Å². The predicted octanol–water partition coefficient (Wildman–Crippen LogP) is 1.69. The number of likely N-dealkylation sites (tertiary alicyclic amines) is 1. The number of rotatable bonds is 10. The SMILES string of the molecule is CCN1C[C@@]2(COC)C(O)C[C@H](OC)[C@@]34[C@@H]5C[C@]6(O)[C@H](OC(=O)c7ccc(OC)cc7)[C@@H]5[C@@](OC(C)=O)(C[C@H]6OC)[C@H]([C@@H](OC)[C@@H]23)[C@@H]14. The van der Waals surface area contributed by atoms with Gasteiger partial charge in [0.25, 0.3) is 0 Å². The third-order valence-electron chi connectivity index (χ3n) is 13.4. The highest BCUT2D eigenvalue weighted by Crippen LogP contribution is 2.80. The zero-order valence-corrected chi connectivity index (χ0v) is 28.3. The molecule has 0 radical (unpaired) electrons. The van der Waals surface area contributed by atoms with Crippen molar-refractivity contribution in [2.75, 3.05) is 55.2 Å². The van der Waals surface area contributed by atoms with Gasteiger partial charge in [-0.3, -0.25) is 9.69 Å². The van der Waals surface area contributed by atoms with Crippen molar-refractivity contribution in [1.29, 1.82) is 0 Å². The minimum atomic E-state index is -1.58. The van der Waals surface area contributed by atoms with Crippen LogP contribution >= 0.6 is 0 Å². The minimum Gasteiger partial charge on any atom is -0.497 e. The predicted molar refractivity (Wildman–Crippen MR) is 166 cm³/mol. The lowest BCUT2D eigenvalue weighted by Gasteiger charge is -2.70. The van der Waals surface area contributed by atoms with Crippen LogP contribution in [0, 0.1) is 34.5 Å². The molecule has 5 aliphatic carbocycles. The lowest BCUT2D eigenvalue weighted by Crippen LogP contribution is -2.79. The summed E-state index contributed by atoms with van der Waals surface area (Å²) >= 11 is 0. The van der Waals surface area contributed by atoms with Crippen molar-refractivity contribution in [2.24, 2.45) is 34.5 Å². The molecule has 260 valence electrons. The topological polar surface area (TPSA) is 142 Å². The summed E-state index contributed by atoms with van der Waals surface area (Å²) < 4.78 is 43.2. The molecule has 7 rings (SSSR count). The van der Waals surface area contributed by atoms with Crippen LogP contribution in [0.15, 0.2) is 24.3 Å². The zero-order chi connectivity index (χ0) is 33.7. The summed E-state index contributed by atoms with van der Waals surface area (Å²) in [7, 11) is 8.11. The molecule has 5 saturated carbocycles. The number of ether oxygens (including phenoxy) is 7. The molecule has 14 atom stereocenters. The summed E-state index contributed by atoms with van der Waals surface area (Å²) in [6.45, 7) is 5.04. The molecule has 6 fully saturated rings. The van der Waals surface area contributed by atoms with Gasteiger partial charge in [0, 0.05) is 89.4 Å². The van der Waals surface area contributed by atoms with Crippen LogP contribution in [0.25, 0.3) is 0 Å². The lowest BCUT2D eigenvalue weighted by atomic mass is 9.42. The number of piperidine rings is 1. The average molecular weight is 660 g/mol. The Kier molecular flexibility index (Phi) is 8.02. The summed E-state index contributed by atoms with van der Waals surface area (Å²) in [4.78, 5) is 29.5. The fourth-order valence-electron chi connectivity index (χ4n) is 12.4. The molecular formula is C35H49NO11. The Hall–Kier alpha value is -2.32. The molecule has 1 unspecified atom stereocenters. The van der Waals surface area contributed by atoms with E-state index < -0.39 is 76.3 Å². The van der Waals surface area contributed by atoms with Crippen molar-refractivity contribution in [2.45, 2.75) is 80.9 Å². The Morgan fingerprint density at radius 2 is 1.68 bits per heavy atom. The van der Waals surface area contributed by atoms with Gasteiger partial charge in [0.1, 0.15) is 23.1 Å². The van der Waals surface area contributed by atoms with Gasteiger partial charge in [-0.1, -0.05) is 6.92 Å².